The summed E-state index contributed by atoms with van der Waals surface area (Å²) in [4.78, 5) is 26.8. The molecule has 1 aromatic rings. The molecule has 0 radical (unpaired) electrons. The van der Waals surface area contributed by atoms with Crippen LogP contribution in [0.1, 0.15) is 18.9 Å². The van der Waals surface area contributed by atoms with Gasteiger partial charge in [0, 0.05) is 46.1 Å². The van der Waals surface area contributed by atoms with Gasteiger partial charge in [0.25, 0.3) is 0 Å². The minimum Gasteiger partial charge on any atom is -0.382 e. The lowest BCUT2D eigenvalue weighted by molar-refractivity contribution is -0.138. The Labute approximate surface area is 134 Å². The lowest BCUT2D eigenvalue weighted by atomic mass is 10.2. The molecule has 0 bridgehead atoms. The zero-order chi connectivity index (χ0) is 16.8. The van der Waals surface area contributed by atoms with Crippen molar-refractivity contribution in [3.8, 4) is 6.07 Å². The number of nitriles is 1. The summed E-state index contributed by atoms with van der Waals surface area (Å²) in [5.74, 6) is -0.503. The molecular formula is C16H19FN4O2. The molecule has 0 saturated carbocycles. The van der Waals surface area contributed by atoms with E-state index < -0.39 is 5.82 Å². The smallest absolute Gasteiger partial charge is 0.224 e. The number of amides is 2. The molecule has 2 rings (SSSR count). The summed E-state index contributed by atoms with van der Waals surface area (Å²) in [6, 6.07) is 6.04. The van der Waals surface area contributed by atoms with Crippen LogP contribution < -0.4 is 5.32 Å². The second kappa shape index (κ2) is 7.58. The van der Waals surface area contributed by atoms with E-state index in [4.69, 9.17) is 5.26 Å². The van der Waals surface area contributed by atoms with Crippen LogP contribution in [0.25, 0.3) is 0 Å². The topological polar surface area (TPSA) is 76.4 Å². The van der Waals surface area contributed by atoms with Crippen LogP contribution in [0, 0.1) is 17.1 Å². The summed E-state index contributed by atoms with van der Waals surface area (Å²) in [5, 5.41) is 11.6. The number of anilines is 1. The molecule has 23 heavy (non-hydrogen) atoms. The third-order valence-electron chi connectivity index (χ3n) is 3.83. The SMILES string of the molecule is CC(=O)N1CCN(C(=O)CCNc2ccc(C#N)cc2F)CC1. The molecule has 1 aromatic carbocycles. The number of nitrogens with one attached hydrogen (secondary N) is 1. The molecule has 7 heteroatoms. The Balaban J connectivity index is 1.77. The van der Waals surface area contributed by atoms with Gasteiger partial charge in [-0.25, -0.2) is 4.39 Å². The fourth-order valence-electron chi connectivity index (χ4n) is 2.46. The number of carbonyl (C=O) groups excluding carboxylic acids is 2. The Morgan fingerprint density at radius 1 is 1.26 bits per heavy atom. The van der Waals surface area contributed by atoms with Crippen LogP contribution in [0.3, 0.4) is 0 Å². The first kappa shape index (κ1) is 16.7. The average molecular weight is 318 g/mol. The predicted molar refractivity (Wildman–Crippen MR) is 83.1 cm³/mol. The normalized spacial score (nSPS) is 14.3. The van der Waals surface area contributed by atoms with E-state index in [0.29, 0.717) is 32.7 Å². The van der Waals surface area contributed by atoms with Crippen molar-refractivity contribution in [2.45, 2.75) is 13.3 Å². The maximum atomic E-state index is 13.7. The standard InChI is InChI=1S/C16H19FN4O2/c1-12(22)20-6-8-21(9-7-20)16(23)4-5-19-15-3-2-13(11-18)10-14(15)17/h2-3,10,19H,4-9H2,1H3. The Bertz CT molecular complexity index is 633. The van der Waals surface area contributed by atoms with E-state index >= 15 is 0 Å². The van der Waals surface area contributed by atoms with Gasteiger partial charge in [-0.1, -0.05) is 0 Å². The van der Waals surface area contributed by atoms with Crippen LogP contribution in [-0.4, -0.2) is 54.3 Å². The van der Waals surface area contributed by atoms with Gasteiger partial charge in [0.05, 0.1) is 17.3 Å². The summed E-state index contributed by atoms with van der Waals surface area (Å²) in [7, 11) is 0. The maximum Gasteiger partial charge on any atom is 0.224 e. The highest BCUT2D eigenvalue weighted by Crippen LogP contribution is 2.15. The zero-order valence-electron chi connectivity index (χ0n) is 13.0. The Morgan fingerprint density at radius 3 is 2.48 bits per heavy atom. The van der Waals surface area contributed by atoms with E-state index in [2.05, 4.69) is 5.32 Å². The minimum atomic E-state index is -0.508. The van der Waals surface area contributed by atoms with E-state index in [1.807, 2.05) is 6.07 Å². The van der Waals surface area contributed by atoms with Crippen LogP contribution in [0.5, 0.6) is 0 Å². The van der Waals surface area contributed by atoms with Crippen molar-refractivity contribution in [2.24, 2.45) is 0 Å². The van der Waals surface area contributed by atoms with Crippen LogP contribution >= 0.6 is 0 Å². The summed E-state index contributed by atoms with van der Waals surface area (Å²) >= 11 is 0. The number of benzene rings is 1. The summed E-state index contributed by atoms with van der Waals surface area (Å²) < 4.78 is 13.7. The monoisotopic (exact) mass is 318 g/mol. The van der Waals surface area contributed by atoms with Crippen molar-refractivity contribution < 1.29 is 14.0 Å². The maximum absolute atomic E-state index is 13.7. The first-order chi connectivity index (χ1) is 11.0. The van der Waals surface area contributed by atoms with Gasteiger partial charge in [-0.2, -0.15) is 5.26 Å². The van der Waals surface area contributed by atoms with E-state index in [1.54, 1.807) is 9.80 Å². The van der Waals surface area contributed by atoms with Gasteiger partial charge in [-0.15, -0.1) is 0 Å². The van der Waals surface area contributed by atoms with Crippen molar-refractivity contribution in [3.63, 3.8) is 0 Å². The molecule has 1 aliphatic rings. The molecule has 0 aliphatic carbocycles. The molecule has 122 valence electrons. The minimum absolute atomic E-state index is 0.0187. The van der Waals surface area contributed by atoms with Crippen molar-refractivity contribution in [3.05, 3.63) is 29.6 Å². The average Bonchev–Trinajstić information content (AvgIpc) is 2.56. The molecule has 1 heterocycles. The fraction of sp³-hybridized carbons (Fsp3) is 0.438. The van der Waals surface area contributed by atoms with Gasteiger partial charge < -0.3 is 15.1 Å². The van der Waals surface area contributed by atoms with Gasteiger partial charge in [0.2, 0.25) is 11.8 Å². The molecule has 0 aromatic heterocycles. The third-order valence-corrected chi connectivity index (χ3v) is 3.83. The van der Waals surface area contributed by atoms with Gasteiger partial charge in [0.1, 0.15) is 5.82 Å². The first-order valence-corrected chi connectivity index (χ1v) is 7.48. The van der Waals surface area contributed by atoms with Gasteiger partial charge in [-0.3, -0.25) is 9.59 Å². The molecule has 0 atom stereocenters. The van der Waals surface area contributed by atoms with Gasteiger partial charge in [0.15, 0.2) is 0 Å². The number of carbonyl (C=O) groups is 2. The molecule has 0 spiro atoms. The predicted octanol–water partition coefficient (Wildman–Crippen LogP) is 1.19. The van der Waals surface area contributed by atoms with E-state index in [-0.39, 0.29) is 29.5 Å². The summed E-state index contributed by atoms with van der Waals surface area (Å²) in [5.41, 5.74) is 0.533. The fourth-order valence-corrected chi connectivity index (χ4v) is 2.46. The second-order valence-corrected chi connectivity index (χ2v) is 5.37. The number of hydrogen-bond acceptors (Lipinski definition) is 4. The Kier molecular flexibility index (Phi) is 5.52. The lowest BCUT2D eigenvalue weighted by Crippen LogP contribution is -2.50. The number of nitrogens with zero attached hydrogens (tertiary/aromatic N) is 3. The number of piperazine rings is 1. The molecule has 1 aliphatic heterocycles. The lowest BCUT2D eigenvalue weighted by Gasteiger charge is -2.34. The van der Waals surface area contributed by atoms with Crippen LogP contribution in [-0.2, 0) is 9.59 Å². The van der Waals surface area contributed by atoms with Gasteiger partial charge >= 0.3 is 0 Å². The van der Waals surface area contributed by atoms with Crippen molar-refractivity contribution in [2.75, 3.05) is 38.0 Å². The quantitative estimate of drug-likeness (QED) is 0.905. The largest absolute Gasteiger partial charge is 0.382 e. The van der Waals surface area contributed by atoms with Crippen LogP contribution in [0.15, 0.2) is 18.2 Å². The highest BCUT2D eigenvalue weighted by molar-refractivity contribution is 5.78. The summed E-state index contributed by atoms with van der Waals surface area (Å²) in [6.07, 6.45) is 0.250. The number of halogens is 1. The van der Waals surface area contributed by atoms with E-state index in [1.165, 1.54) is 19.1 Å². The first-order valence-electron chi connectivity index (χ1n) is 7.48. The number of rotatable bonds is 4. The van der Waals surface area contributed by atoms with E-state index in [9.17, 15) is 14.0 Å². The molecule has 1 fully saturated rings. The molecule has 2 amide bonds. The van der Waals surface area contributed by atoms with Gasteiger partial charge in [-0.05, 0) is 18.2 Å². The molecule has 0 unspecified atom stereocenters. The Morgan fingerprint density at radius 2 is 1.91 bits per heavy atom. The van der Waals surface area contributed by atoms with E-state index in [0.717, 1.165) is 6.07 Å². The van der Waals surface area contributed by atoms with Crippen molar-refractivity contribution in [1.29, 1.82) is 5.26 Å². The summed E-state index contributed by atoms with van der Waals surface area (Å²) in [6.45, 7) is 4.01. The molecule has 1 saturated heterocycles. The third kappa shape index (κ3) is 4.42. The molecule has 6 nitrogen and oxygen atoms in total. The van der Waals surface area contributed by atoms with Crippen molar-refractivity contribution in [1.82, 2.24) is 9.80 Å². The van der Waals surface area contributed by atoms with Crippen molar-refractivity contribution >= 4 is 17.5 Å². The van der Waals surface area contributed by atoms with Crippen LogP contribution in [0.2, 0.25) is 0 Å². The number of hydrogen-bond donors (Lipinski definition) is 1. The van der Waals surface area contributed by atoms with Crippen LogP contribution in [0.4, 0.5) is 10.1 Å². The highest BCUT2D eigenvalue weighted by Gasteiger charge is 2.21. The molecular weight excluding hydrogens is 299 g/mol. The highest BCUT2D eigenvalue weighted by atomic mass is 19.1. The second-order valence-electron chi connectivity index (χ2n) is 5.37. The Hall–Kier alpha value is -2.62. The zero-order valence-corrected chi connectivity index (χ0v) is 13.0. The molecule has 1 N–H and O–H groups in total.